The highest BCUT2D eigenvalue weighted by molar-refractivity contribution is 7.21. The number of anilines is 1. The number of carbonyl (C=O) groups excluding carboxylic acids is 2. The van der Waals surface area contributed by atoms with E-state index in [4.69, 9.17) is 4.74 Å². The van der Waals surface area contributed by atoms with Crippen molar-refractivity contribution in [2.24, 2.45) is 0 Å². The smallest absolute Gasteiger partial charge is 0.348 e. The van der Waals surface area contributed by atoms with Gasteiger partial charge in [0.2, 0.25) is 5.91 Å². The molecule has 0 saturated carbocycles. The van der Waals surface area contributed by atoms with E-state index in [0.29, 0.717) is 11.4 Å². The maximum absolute atomic E-state index is 13.1. The van der Waals surface area contributed by atoms with Crippen molar-refractivity contribution in [2.75, 3.05) is 32.6 Å². The van der Waals surface area contributed by atoms with Crippen LogP contribution in [0.1, 0.15) is 35.5 Å². The summed E-state index contributed by atoms with van der Waals surface area (Å²) in [7, 11) is 3.42. The number of esters is 1. The van der Waals surface area contributed by atoms with Crippen LogP contribution in [0.15, 0.2) is 18.2 Å². The van der Waals surface area contributed by atoms with E-state index in [0.717, 1.165) is 34.3 Å². The van der Waals surface area contributed by atoms with E-state index >= 15 is 0 Å². The maximum atomic E-state index is 13.1. The molecule has 27 heavy (non-hydrogen) atoms. The van der Waals surface area contributed by atoms with Crippen molar-refractivity contribution in [3.05, 3.63) is 28.6 Å². The van der Waals surface area contributed by atoms with Gasteiger partial charge >= 0.3 is 5.97 Å². The number of likely N-dealkylation sites (N-methyl/N-ethyl adjacent to an activating group) is 1. The molecule has 2 aromatic rings. The Hall–Kier alpha value is -1.96. The molecule has 1 saturated heterocycles. The Morgan fingerprint density at radius 3 is 2.67 bits per heavy atom. The third-order valence-electron chi connectivity index (χ3n) is 5.02. The van der Waals surface area contributed by atoms with Crippen molar-refractivity contribution < 1.29 is 14.3 Å². The van der Waals surface area contributed by atoms with E-state index in [-0.39, 0.29) is 17.9 Å². The molecular formula is C20H27N3O3S. The molecule has 3 rings (SSSR count). The van der Waals surface area contributed by atoms with E-state index in [1.54, 1.807) is 0 Å². The molecule has 1 aromatic heterocycles. The molecule has 6 nitrogen and oxygen atoms in total. The average molecular weight is 390 g/mol. The zero-order chi connectivity index (χ0) is 19.8. The summed E-state index contributed by atoms with van der Waals surface area (Å²) in [6.45, 7) is 7.59. The van der Waals surface area contributed by atoms with Gasteiger partial charge in [-0.25, -0.2) is 4.79 Å². The number of aryl methyl sites for hydroxylation is 1. The first kappa shape index (κ1) is 19.8. The van der Waals surface area contributed by atoms with Gasteiger partial charge in [0.1, 0.15) is 10.4 Å². The zero-order valence-electron chi connectivity index (χ0n) is 16.5. The number of fused-ring (bicyclic) bond motifs is 1. The minimum Gasteiger partial charge on any atom is -0.465 e. The van der Waals surface area contributed by atoms with Crippen LogP contribution >= 0.6 is 11.3 Å². The number of nitrogens with zero attached hydrogens (tertiary/aromatic N) is 1. The molecule has 146 valence electrons. The van der Waals surface area contributed by atoms with Crippen LogP contribution in [0.4, 0.5) is 5.69 Å². The number of hydrogen-bond donors (Lipinski definition) is 2. The summed E-state index contributed by atoms with van der Waals surface area (Å²) in [5.41, 5.74) is 1.04. The Bertz CT molecular complexity index is 877. The number of likely N-dealkylation sites (tertiary alicyclic amines) is 1. The maximum Gasteiger partial charge on any atom is 0.348 e. The molecule has 0 radical (unpaired) electrons. The van der Waals surface area contributed by atoms with Crippen molar-refractivity contribution in [3.63, 3.8) is 0 Å². The number of rotatable bonds is 5. The van der Waals surface area contributed by atoms with Gasteiger partial charge in [-0.2, -0.15) is 0 Å². The summed E-state index contributed by atoms with van der Waals surface area (Å²) in [6, 6.07) is 5.98. The second-order valence-electron chi connectivity index (χ2n) is 7.58. The van der Waals surface area contributed by atoms with E-state index in [9.17, 15) is 9.59 Å². The molecule has 1 aliphatic rings. The highest BCUT2D eigenvalue weighted by Crippen LogP contribution is 2.33. The van der Waals surface area contributed by atoms with Crippen LogP contribution < -0.4 is 10.6 Å². The minimum atomic E-state index is -0.585. The van der Waals surface area contributed by atoms with E-state index in [1.165, 1.54) is 18.4 Å². The average Bonchev–Trinajstić information content (AvgIpc) is 3.15. The second-order valence-corrected chi connectivity index (χ2v) is 8.63. The molecule has 7 heteroatoms. The molecule has 0 bridgehead atoms. The molecule has 1 aliphatic heterocycles. The first-order chi connectivity index (χ1) is 12.8. The van der Waals surface area contributed by atoms with E-state index < -0.39 is 5.54 Å². The number of amides is 1. The lowest BCUT2D eigenvalue weighted by atomic mass is 9.95. The summed E-state index contributed by atoms with van der Waals surface area (Å²) in [5.74, 6) is -0.339. The fraction of sp³-hybridized carbons (Fsp3) is 0.500. The lowest BCUT2D eigenvalue weighted by molar-refractivity contribution is -0.122. The van der Waals surface area contributed by atoms with Gasteiger partial charge in [-0.1, -0.05) is 0 Å². The highest BCUT2D eigenvalue weighted by atomic mass is 32.1. The van der Waals surface area contributed by atoms with E-state index in [1.807, 2.05) is 32.2 Å². The monoisotopic (exact) mass is 389 g/mol. The fourth-order valence-electron chi connectivity index (χ4n) is 3.76. The van der Waals surface area contributed by atoms with Crippen LogP contribution in [0, 0.1) is 6.92 Å². The number of thiophene rings is 1. The predicted molar refractivity (Wildman–Crippen MR) is 110 cm³/mol. The lowest BCUT2D eigenvalue weighted by Gasteiger charge is -2.31. The molecule has 1 fully saturated rings. The van der Waals surface area contributed by atoms with Crippen molar-refractivity contribution in [2.45, 2.75) is 38.8 Å². The number of ether oxygens (including phenoxy) is 1. The highest BCUT2D eigenvalue weighted by Gasteiger charge is 2.43. The number of nitrogens with one attached hydrogen (secondary N) is 2. The van der Waals surface area contributed by atoms with Gasteiger partial charge in [0.25, 0.3) is 0 Å². The summed E-state index contributed by atoms with van der Waals surface area (Å²) in [4.78, 5) is 27.8. The van der Waals surface area contributed by atoms with Gasteiger partial charge in [-0.15, -0.1) is 11.3 Å². The number of hydrogen-bond acceptors (Lipinski definition) is 6. The normalized spacial score (nSPS) is 20.4. The Labute approximate surface area is 163 Å². The number of benzene rings is 1. The van der Waals surface area contributed by atoms with Crippen LogP contribution in [-0.2, 0) is 9.53 Å². The van der Waals surface area contributed by atoms with Crippen molar-refractivity contribution in [3.8, 4) is 0 Å². The predicted octanol–water partition coefficient (Wildman–Crippen LogP) is 3.01. The SMILES string of the molecule is COC(=O)c1sc2ccc(NC(=O)[C@]3(NC(C)C)CCN(C)C3)cc2c1C. The van der Waals surface area contributed by atoms with Gasteiger partial charge in [-0.3, -0.25) is 10.1 Å². The van der Waals surface area contributed by atoms with Crippen LogP contribution in [-0.4, -0.2) is 55.6 Å². The first-order valence-corrected chi connectivity index (χ1v) is 9.96. The van der Waals surface area contributed by atoms with Gasteiger partial charge in [0, 0.05) is 29.5 Å². The topological polar surface area (TPSA) is 70.7 Å². The summed E-state index contributed by atoms with van der Waals surface area (Å²) >= 11 is 1.41. The minimum absolute atomic E-state index is 0.0130. The molecule has 2 heterocycles. The van der Waals surface area contributed by atoms with Crippen LogP contribution in [0.3, 0.4) is 0 Å². The summed E-state index contributed by atoms with van der Waals surface area (Å²) in [5, 5.41) is 7.52. The third kappa shape index (κ3) is 3.85. The van der Waals surface area contributed by atoms with Gasteiger partial charge in [0.05, 0.1) is 7.11 Å². The first-order valence-electron chi connectivity index (χ1n) is 9.15. The molecule has 2 N–H and O–H groups in total. The Balaban J connectivity index is 1.88. The Kier molecular flexibility index (Phi) is 5.55. The standard InChI is InChI=1S/C20H27N3O3S/c1-12(2)22-20(8-9-23(4)11-20)19(25)21-14-6-7-16-15(10-14)13(3)17(27-16)18(24)26-5/h6-7,10,12,22H,8-9,11H2,1-5H3,(H,21,25)/t20-/m0/s1. The third-order valence-corrected chi connectivity index (χ3v) is 6.28. The van der Waals surface area contributed by atoms with Gasteiger partial charge in [-0.05, 0) is 63.4 Å². The Morgan fingerprint density at radius 2 is 2.07 bits per heavy atom. The van der Waals surface area contributed by atoms with Gasteiger partial charge in [0.15, 0.2) is 0 Å². The largest absolute Gasteiger partial charge is 0.465 e. The molecule has 1 atom stereocenters. The van der Waals surface area contributed by atoms with Gasteiger partial charge < -0.3 is 15.0 Å². The molecule has 1 amide bonds. The van der Waals surface area contributed by atoms with Crippen LogP contribution in [0.25, 0.3) is 10.1 Å². The zero-order valence-corrected chi connectivity index (χ0v) is 17.3. The fourth-order valence-corrected chi connectivity index (χ4v) is 4.87. The van der Waals surface area contributed by atoms with Crippen molar-refractivity contribution in [1.29, 1.82) is 0 Å². The molecule has 0 unspecified atom stereocenters. The lowest BCUT2D eigenvalue weighted by Crippen LogP contribution is -2.58. The van der Waals surface area contributed by atoms with Crippen LogP contribution in [0.5, 0.6) is 0 Å². The Morgan fingerprint density at radius 1 is 1.33 bits per heavy atom. The quantitative estimate of drug-likeness (QED) is 0.770. The molecule has 0 aliphatic carbocycles. The number of methoxy groups -OCH3 is 1. The molecule has 1 aromatic carbocycles. The molecular weight excluding hydrogens is 362 g/mol. The molecule has 0 spiro atoms. The van der Waals surface area contributed by atoms with Crippen molar-refractivity contribution in [1.82, 2.24) is 10.2 Å². The number of carbonyl (C=O) groups is 2. The van der Waals surface area contributed by atoms with Crippen LogP contribution in [0.2, 0.25) is 0 Å². The second kappa shape index (κ2) is 7.58. The van der Waals surface area contributed by atoms with Crippen molar-refractivity contribution >= 4 is 39.0 Å². The summed E-state index contributed by atoms with van der Waals surface area (Å²) < 4.78 is 5.86. The summed E-state index contributed by atoms with van der Waals surface area (Å²) in [6.07, 6.45) is 0.778. The van der Waals surface area contributed by atoms with E-state index in [2.05, 4.69) is 29.4 Å².